The van der Waals surface area contributed by atoms with Gasteiger partial charge < -0.3 is 5.32 Å². The number of carbonyl (C=O) groups is 1. The van der Waals surface area contributed by atoms with E-state index in [1.54, 1.807) is 22.9 Å². The number of benzene rings is 1. The van der Waals surface area contributed by atoms with Gasteiger partial charge in [0.1, 0.15) is 0 Å². The second-order valence-corrected chi connectivity index (χ2v) is 6.21. The molecule has 0 saturated heterocycles. The number of amides is 1. The van der Waals surface area contributed by atoms with Crippen LogP contribution in [0.5, 0.6) is 0 Å². The maximum absolute atomic E-state index is 12.1. The van der Waals surface area contributed by atoms with E-state index in [0.29, 0.717) is 17.9 Å². The van der Waals surface area contributed by atoms with Gasteiger partial charge in [-0.15, -0.1) is 5.10 Å². The molecule has 0 aliphatic carbocycles. The molecule has 0 saturated carbocycles. The molecule has 0 aliphatic rings. The fourth-order valence-corrected chi connectivity index (χ4v) is 2.65. The van der Waals surface area contributed by atoms with Gasteiger partial charge >= 0.3 is 0 Å². The van der Waals surface area contributed by atoms with E-state index >= 15 is 0 Å². The lowest BCUT2D eigenvalue weighted by molar-refractivity contribution is 0.0951. The van der Waals surface area contributed by atoms with Crippen LogP contribution in [0.2, 0.25) is 0 Å². The van der Waals surface area contributed by atoms with Gasteiger partial charge in [-0.25, -0.2) is 9.36 Å². The molecule has 134 valence electrons. The Morgan fingerprint density at radius 1 is 1.04 bits per heavy atom. The Morgan fingerprint density at radius 3 is 2.42 bits per heavy atom. The summed E-state index contributed by atoms with van der Waals surface area (Å²) in [4.78, 5) is 24.2. The van der Waals surface area contributed by atoms with Crippen molar-refractivity contribution in [2.24, 2.45) is 0 Å². The number of hydrogen-bond acceptors (Lipinski definition) is 4. The smallest absolute Gasteiger partial charge is 0.266 e. The average molecular weight is 351 g/mol. The molecular formula is C19H21N5O2. The monoisotopic (exact) mass is 351 g/mol. The SMILES string of the molecule is Cc1ccc(C(=O)NCCn2nc(-n3nc(C)cc3C)ccc2=O)cc1. The van der Waals surface area contributed by atoms with Crippen LogP contribution in [-0.2, 0) is 6.54 Å². The number of aromatic nitrogens is 4. The Labute approximate surface area is 151 Å². The van der Waals surface area contributed by atoms with E-state index in [1.165, 1.54) is 10.7 Å². The van der Waals surface area contributed by atoms with Gasteiger partial charge in [0.25, 0.3) is 11.5 Å². The van der Waals surface area contributed by atoms with Gasteiger partial charge in [-0.2, -0.15) is 5.10 Å². The van der Waals surface area contributed by atoms with Crippen LogP contribution in [0, 0.1) is 20.8 Å². The molecular weight excluding hydrogens is 330 g/mol. The second-order valence-electron chi connectivity index (χ2n) is 6.21. The van der Waals surface area contributed by atoms with Crippen LogP contribution in [0.1, 0.15) is 27.3 Å². The van der Waals surface area contributed by atoms with Crippen molar-refractivity contribution in [3.63, 3.8) is 0 Å². The van der Waals surface area contributed by atoms with Gasteiger partial charge in [-0.05, 0) is 45.0 Å². The Hall–Kier alpha value is -3.22. The first kappa shape index (κ1) is 17.6. The second kappa shape index (κ2) is 7.35. The Balaban J connectivity index is 1.69. The molecule has 0 radical (unpaired) electrons. The average Bonchev–Trinajstić information content (AvgIpc) is 2.95. The molecule has 0 spiro atoms. The van der Waals surface area contributed by atoms with Crippen molar-refractivity contribution in [2.45, 2.75) is 27.3 Å². The molecule has 0 fully saturated rings. The zero-order valence-corrected chi connectivity index (χ0v) is 15.1. The van der Waals surface area contributed by atoms with E-state index in [-0.39, 0.29) is 18.0 Å². The van der Waals surface area contributed by atoms with Crippen LogP contribution in [0.15, 0.2) is 47.3 Å². The molecule has 1 N–H and O–H groups in total. The quantitative estimate of drug-likeness (QED) is 0.760. The van der Waals surface area contributed by atoms with Gasteiger partial charge in [-0.1, -0.05) is 17.7 Å². The number of nitrogens with zero attached hydrogens (tertiary/aromatic N) is 4. The Morgan fingerprint density at radius 2 is 1.77 bits per heavy atom. The van der Waals surface area contributed by atoms with Crippen LogP contribution < -0.4 is 10.9 Å². The standard InChI is InChI=1S/C19H21N5O2/c1-13-4-6-16(7-5-13)19(26)20-10-11-23-18(25)9-8-17(22-23)24-15(3)12-14(2)21-24/h4-9,12H,10-11H2,1-3H3,(H,20,26). The molecule has 2 aromatic heterocycles. The molecule has 1 amide bonds. The lowest BCUT2D eigenvalue weighted by atomic mass is 10.1. The number of hydrogen-bond donors (Lipinski definition) is 1. The normalized spacial score (nSPS) is 10.7. The van der Waals surface area contributed by atoms with E-state index in [1.807, 2.05) is 39.0 Å². The zero-order chi connectivity index (χ0) is 18.7. The molecule has 0 atom stereocenters. The summed E-state index contributed by atoms with van der Waals surface area (Å²) in [5, 5.41) is 11.5. The van der Waals surface area contributed by atoms with E-state index in [0.717, 1.165) is 17.0 Å². The highest BCUT2D eigenvalue weighted by molar-refractivity contribution is 5.94. The molecule has 0 aliphatic heterocycles. The first-order valence-electron chi connectivity index (χ1n) is 8.41. The molecule has 2 heterocycles. The van der Waals surface area contributed by atoms with Gasteiger partial charge in [0.2, 0.25) is 0 Å². The summed E-state index contributed by atoms with van der Waals surface area (Å²) in [6, 6.07) is 12.4. The third kappa shape index (κ3) is 3.88. The maximum atomic E-state index is 12.1. The van der Waals surface area contributed by atoms with E-state index < -0.39 is 0 Å². The van der Waals surface area contributed by atoms with E-state index in [9.17, 15) is 9.59 Å². The molecule has 3 rings (SSSR count). The maximum Gasteiger partial charge on any atom is 0.266 e. The molecule has 7 nitrogen and oxygen atoms in total. The minimum atomic E-state index is -0.222. The number of carbonyl (C=O) groups excluding carboxylic acids is 1. The highest BCUT2D eigenvalue weighted by Gasteiger charge is 2.08. The van der Waals surface area contributed by atoms with Crippen LogP contribution in [0.4, 0.5) is 0 Å². The van der Waals surface area contributed by atoms with Crippen molar-refractivity contribution >= 4 is 5.91 Å². The summed E-state index contributed by atoms with van der Waals surface area (Å²) in [5.41, 5.74) is 3.28. The third-order valence-electron chi connectivity index (χ3n) is 4.00. The lowest BCUT2D eigenvalue weighted by Crippen LogP contribution is -2.32. The summed E-state index contributed by atoms with van der Waals surface area (Å²) < 4.78 is 3.03. The van der Waals surface area contributed by atoms with Gasteiger partial charge in [0.15, 0.2) is 5.82 Å². The lowest BCUT2D eigenvalue weighted by Gasteiger charge is -2.09. The Bertz CT molecular complexity index is 986. The molecule has 1 aromatic carbocycles. The van der Waals surface area contributed by atoms with Crippen molar-refractivity contribution in [1.82, 2.24) is 24.9 Å². The summed E-state index contributed by atoms with van der Waals surface area (Å²) in [5.74, 6) is 0.396. The topological polar surface area (TPSA) is 81.8 Å². The van der Waals surface area contributed by atoms with Crippen molar-refractivity contribution < 1.29 is 4.79 Å². The molecule has 26 heavy (non-hydrogen) atoms. The number of aryl methyl sites for hydroxylation is 3. The van der Waals surface area contributed by atoms with E-state index in [4.69, 9.17) is 0 Å². The van der Waals surface area contributed by atoms with Gasteiger partial charge in [0.05, 0.1) is 12.2 Å². The fraction of sp³-hybridized carbons (Fsp3) is 0.263. The summed E-state index contributed by atoms with van der Waals surface area (Å²) >= 11 is 0. The predicted molar refractivity (Wildman–Crippen MR) is 98.6 cm³/mol. The highest BCUT2D eigenvalue weighted by Crippen LogP contribution is 2.07. The minimum absolute atomic E-state index is 0.173. The summed E-state index contributed by atoms with van der Waals surface area (Å²) in [6.45, 7) is 6.39. The van der Waals surface area contributed by atoms with Gasteiger partial charge in [-0.3, -0.25) is 9.59 Å². The largest absolute Gasteiger partial charge is 0.350 e. The van der Waals surface area contributed by atoms with Crippen LogP contribution >= 0.6 is 0 Å². The molecule has 0 bridgehead atoms. The van der Waals surface area contributed by atoms with E-state index in [2.05, 4.69) is 15.5 Å². The van der Waals surface area contributed by atoms with Crippen LogP contribution in [-0.4, -0.2) is 32.0 Å². The predicted octanol–water partition coefficient (Wildman–Crippen LogP) is 1.78. The number of rotatable bonds is 5. The highest BCUT2D eigenvalue weighted by atomic mass is 16.2. The minimum Gasteiger partial charge on any atom is -0.350 e. The van der Waals surface area contributed by atoms with Crippen LogP contribution in [0.3, 0.4) is 0 Å². The molecule has 0 unspecified atom stereocenters. The molecule has 3 aromatic rings. The first-order chi connectivity index (χ1) is 12.4. The third-order valence-corrected chi connectivity index (χ3v) is 4.00. The Kier molecular flexibility index (Phi) is 4.97. The summed E-state index contributed by atoms with van der Waals surface area (Å²) in [7, 11) is 0. The van der Waals surface area contributed by atoms with Gasteiger partial charge in [0, 0.05) is 23.9 Å². The van der Waals surface area contributed by atoms with Crippen LogP contribution in [0.25, 0.3) is 5.82 Å². The van der Waals surface area contributed by atoms with Crippen molar-refractivity contribution in [2.75, 3.05) is 6.54 Å². The number of nitrogens with one attached hydrogen (secondary N) is 1. The summed E-state index contributed by atoms with van der Waals surface area (Å²) in [6.07, 6.45) is 0. The zero-order valence-electron chi connectivity index (χ0n) is 15.1. The first-order valence-corrected chi connectivity index (χ1v) is 8.41. The van der Waals surface area contributed by atoms with Crippen molar-refractivity contribution in [3.05, 3.63) is 75.3 Å². The fourth-order valence-electron chi connectivity index (χ4n) is 2.65. The van der Waals surface area contributed by atoms with Crippen molar-refractivity contribution in [3.8, 4) is 5.82 Å². The van der Waals surface area contributed by atoms with Crippen molar-refractivity contribution in [1.29, 1.82) is 0 Å². The molecule has 7 heteroatoms.